The van der Waals surface area contributed by atoms with Gasteiger partial charge in [-0.2, -0.15) is 0 Å². The number of hydrogen-bond donors (Lipinski definition) is 2. The molecule has 3 aromatic rings. The van der Waals surface area contributed by atoms with Crippen LogP contribution in [0.2, 0.25) is 5.02 Å². The predicted molar refractivity (Wildman–Crippen MR) is 114 cm³/mol. The first-order valence-corrected chi connectivity index (χ1v) is 9.64. The van der Waals surface area contributed by atoms with E-state index < -0.39 is 6.17 Å². The van der Waals surface area contributed by atoms with Crippen LogP contribution in [0.15, 0.2) is 60.7 Å². The van der Waals surface area contributed by atoms with Crippen molar-refractivity contribution in [3.63, 3.8) is 0 Å². The maximum atomic E-state index is 13.4. The van der Waals surface area contributed by atoms with E-state index in [0.717, 1.165) is 22.4 Å². The van der Waals surface area contributed by atoms with Crippen molar-refractivity contribution in [3.8, 4) is 11.5 Å². The minimum absolute atomic E-state index is 0.0758. The number of fused-ring (bicyclic) bond motifs is 1. The van der Waals surface area contributed by atoms with Crippen LogP contribution in [0.1, 0.15) is 33.2 Å². The van der Waals surface area contributed by atoms with Crippen molar-refractivity contribution < 1.29 is 14.6 Å². The molecule has 0 aliphatic carbocycles. The summed E-state index contributed by atoms with van der Waals surface area (Å²) in [7, 11) is 1.47. The number of methoxy groups -OCH3 is 1. The number of ether oxygens (including phenoxy) is 1. The normalized spacial score (nSPS) is 15.6. The lowest BCUT2D eigenvalue weighted by molar-refractivity contribution is 0.0666. The van der Waals surface area contributed by atoms with Gasteiger partial charge in [-0.25, -0.2) is 0 Å². The van der Waals surface area contributed by atoms with E-state index in [1.165, 1.54) is 7.11 Å². The van der Waals surface area contributed by atoms with Gasteiger partial charge in [0.25, 0.3) is 5.91 Å². The fourth-order valence-corrected chi connectivity index (χ4v) is 3.74. The molecule has 3 aromatic carbocycles. The van der Waals surface area contributed by atoms with Gasteiger partial charge < -0.3 is 20.1 Å². The first-order chi connectivity index (χ1) is 14.0. The van der Waals surface area contributed by atoms with Crippen LogP contribution < -0.4 is 10.1 Å². The molecule has 0 fully saturated rings. The second-order valence-electron chi connectivity index (χ2n) is 7.06. The van der Waals surface area contributed by atoms with E-state index in [-0.39, 0.29) is 22.4 Å². The van der Waals surface area contributed by atoms with Crippen molar-refractivity contribution in [2.45, 2.75) is 19.6 Å². The summed E-state index contributed by atoms with van der Waals surface area (Å²) in [6, 6.07) is 18.9. The average Bonchev–Trinajstić information content (AvgIpc) is 2.73. The van der Waals surface area contributed by atoms with Crippen molar-refractivity contribution in [2.75, 3.05) is 12.4 Å². The molecule has 29 heavy (non-hydrogen) atoms. The summed E-state index contributed by atoms with van der Waals surface area (Å²) in [6.45, 7) is 2.45. The molecule has 1 amide bonds. The van der Waals surface area contributed by atoms with Crippen molar-refractivity contribution >= 4 is 23.2 Å². The molecule has 1 unspecified atom stereocenters. The number of carbonyl (C=O) groups is 1. The van der Waals surface area contributed by atoms with Crippen LogP contribution in [0.4, 0.5) is 5.69 Å². The smallest absolute Gasteiger partial charge is 0.258 e. The number of aromatic hydroxyl groups is 1. The molecule has 1 aliphatic heterocycles. The standard InChI is InChI=1S/C23H21ClN2O3/c1-14-7-9-15(10-8-14)13-26-22(16-11-18(24)21(27)20(12-16)29-2)25-19-6-4-3-5-17(19)23(26)28/h3-12,22,25,27H,13H2,1-2H3. The van der Waals surface area contributed by atoms with Crippen molar-refractivity contribution in [3.05, 3.63) is 87.9 Å². The highest BCUT2D eigenvalue weighted by Crippen LogP contribution is 2.40. The van der Waals surface area contributed by atoms with E-state index >= 15 is 0 Å². The highest BCUT2D eigenvalue weighted by atomic mass is 35.5. The quantitative estimate of drug-likeness (QED) is 0.628. The number of amides is 1. The molecular formula is C23H21ClN2O3. The number of rotatable bonds is 4. The maximum absolute atomic E-state index is 13.4. The number of hydrogen-bond acceptors (Lipinski definition) is 4. The molecule has 148 valence electrons. The number of nitrogens with zero attached hydrogens (tertiary/aromatic N) is 1. The Morgan fingerprint density at radius 2 is 1.86 bits per heavy atom. The lowest BCUT2D eigenvalue weighted by Crippen LogP contribution is -2.42. The lowest BCUT2D eigenvalue weighted by atomic mass is 10.0. The third-order valence-corrected chi connectivity index (χ3v) is 5.37. The van der Waals surface area contributed by atoms with Crippen LogP contribution in [-0.4, -0.2) is 23.0 Å². The Labute approximate surface area is 174 Å². The van der Waals surface area contributed by atoms with E-state index in [9.17, 15) is 9.90 Å². The highest BCUT2D eigenvalue weighted by Gasteiger charge is 2.33. The summed E-state index contributed by atoms with van der Waals surface area (Å²) in [5.74, 6) is 0.0644. The number of phenolic OH excluding ortho intramolecular Hbond substituents is 1. The third-order valence-electron chi connectivity index (χ3n) is 5.08. The predicted octanol–water partition coefficient (Wildman–Crippen LogP) is 5.13. The number of aryl methyl sites for hydroxylation is 1. The number of carbonyl (C=O) groups excluding carboxylic acids is 1. The van der Waals surface area contributed by atoms with Crippen LogP contribution in [-0.2, 0) is 6.54 Å². The van der Waals surface area contributed by atoms with Gasteiger partial charge in [-0.15, -0.1) is 0 Å². The monoisotopic (exact) mass is 408 g/mol. The minimum Gasteiger partial charge on any atom is -0.503 e. The fraction of sp³-hybridized carbons (Fsp3) is 0.174. The SMILES string of the molecule is COc1cc(C2Nc3ccccc3C(=O)N2Cc2ccc(C)cc2)cc(Cl)c1O. The molecule has 5 nitrogen and oxygen atoms in total. The first-order valence-electron chi connectivity index (χ1n) is 9.26. The molecule has 1 aliphatic rings. The molecule has 0 spiro atoms. The van der Waals surface area contributed by atoms with Gasteiger partial charge in [0.05, 0.1) is 17.7 Å². The van der Waals surface area contributed by atoms with Crippen LogP contribution in [0.5, 0.6) is 11.5 Å². The highest BCUT2D eigenvalue weighted by molar-refractivity contribution is 6.32. The molecule has 4 rings (SSSR count). The topological polar surface area (TPSA) is 61.8 Å². The summed E-state index contributed by atoms with van der Waals surface area (Å²) < 4.78 is 5.25. The maximum Gasteiger partial charge on any atom is 0.258 e. The Morgan fingerprint density at radius 1 is 1.14 bits per heavy atom. The van der Waals surface area contributed by atoms with Gasteiger partial charge >= 0.3 is 0 Å². The largest absolute Gasteiger partial charge is 0.503 e. The average molecular weight is 409 g/mol. The number of phenols is 1. The Kier molecular flexibility index (Phi) is 5.07. The van der Waals surface area contributed by atoms with Crippen LogP contribution in [0.25, 0.3) is 0 Å². The third kappa shape index (κ3) is 3.61. The van der Waals surface area contributed by atoms with Gasteiger partial charge in [-0.1, -0.05) is 53.6 Å². The molecule has 0 saturated heterocycles. The summed E-state index contributed by atoms with van der Waals surface area (Å²) in [5, 5.41) is 13.7. The van der Waals surface area contributed by atoms with E-state index in [0.29, 0.717) is 12.1 Å². The summed E-state index contributed by atoms with van der Waals surface area (Å²) in [6.07, 6.45) is -0.467. The van der Waals surface area contributed by atoms with E-state index in [1.54, 1.807) is 17.0 Å². The van der Waals surface area contributed by atoms with E-state index in [1.807, 2.05) is 55.5 Å². The zero-order chi connectivity index (χ0) is 20.5. The van der Waals surface area contributed by atoms with Gasteiger partial charge in [-0.3, -0.25) is 4.79 Å². The van der Waals surface area contributed by atoms with E-state index in [4.69, 9.17) is 16.3 Å². The Balaban J connectivity index is 1.79. The Morgan fingerprint density at radius 3 is 2.59 bits per heavy atom. The van der Waals surface area contributed by atoms with Gasteiger partial charge in [0, 0.05) is 17.8 Å². The summed E-state index contributed by atoms with van der Waals surface area (Å²) >= 11 is 6.22. The Bertz CT molecular complexity index is 1070. The molecule has 0 radical (unpaired) electrons. The summed E-state index contributed by atoms with van der Waals surface area (Å²) in [4.78, 5) is 15.1. The van der Waals surface area contributed by atoms with Crippen molar-refractivity contribution in [1.29, 1.82) is 0 Å². The van der Waals surface area contributed by atoms with Gasteiger partial charge in [-0.05, 0) is 36.8 Å². The Hall–Kier alpha value is -3.18. The first kappa shape index (κ1) is 19.2. The molecule has 0 saturated carbocycles. The molecule has 6 heteroatoms. The zero-order valence-electron chi connectivity index (χ0n) is 16.1. The molecular weight excluding hydrogens is 388 g/mol. The molecule has 0 bridgehead atoms. The van der Waals surface area contributed by atoms with E-state index in [2.05, 4.69) is 5.32 Å². The zero-order valence-corrected chi connectivity index (χ0v) is 16.9. The van der Waals surface area contributed by atoms with Gasteiger partial charge in [0.15, 0.2) is 11.5 Å². The molecule has 0 aromatic heterocycles. The fourth-order valence-electron chi connectivity index (χ4n) is 3.52. The van der Waals surface area contributed by atoms with Gasteiger partial charge in [0.2, 0.25) is 0 Å². The van der Waals surface area contributed by atoms with Gasteiger partial charge in [0.1, 0.15) is 6.17 Å². The van der Waals surface area contributed by atoms with Crippen molar-refractivity contribution in [2.24, 2.45) is 0 Å². The molecule has 1 heterocycles. The number of nitrogens with one attached hydrogen (secondary N) is 1. The summed E-state index contributed by atoms with van der Waals surface area (Å²) in [5.41, 5.74) is 4.28. The number of para-hydroxylation sites is 1. The lowest BCUT2D eigenvalue weighted by Gasteiger charge is -2.38. The number of anilines is 1. The molecule has 1 atom stereocenters. The second-order valence-corrected chi connectivity index (χ2v) is 7.47. The van der Waals surface area contributed by atoms with Crippen LogP contribution in [0.3, 0.4) is 0 Å². The number of benzene rings is 3. The van der Waals surface area contributed by atoms with Crippen LogP contribution in [0, 0.1) is 6.92 Å². The molecule has 2 N–H and O–H groups in total. The van der Waals surface area contributed by atoms with Crippen molar-refractivity contribution in [1.82, 2.24) is 4.90 Å². The van der Waals surface area contributed by atoms with Crippen LogP contribution >= 0.6 is 11.6 Å². The second kappa shape index (κ2) is 7.68. The number of halogens is 1. The minimum atomic E-state index is -0.467.